The molecule has 0 bridgehead atoms. The molecule has 2 aliphatic rings. The molecule has 1 heterocycles. The Kier molecular flexibility index (Phi) is 5.21. The van der Waals surface area contributed by atoms with Gasteiger partial charge in [0, 0.05) is 24.2 Å². The molecule has 1 fully saturated rings. The van der Waals surface area contributed by atoms with Crippen LogP contribution >= 0.6 is 0 Å². The molecule has 0 saturated carbocycles. The molecule has 0 radical (unpaired) electrons. The summed E-state index contributed by atoms with van der Waals surface area (Å²) >= 11 is 0. The number of morpholine rings is 1. The lowest BCUT2D eigenvalue weighted by Crippen LogP contribution is -2.43. The molecule has 7 nitrogen and oxygen atoms in total. The van der Waals surface area contributed by atoms with E-state index >= 15 is 0 Å². The molecule has 4 rings (SSSR count). The first-order chi connectivity index (χ1) is 14.3. The zero-order valence-electron chi connectivity index (χ0n) is 16.8. The highest BCUT2D eigenvalue weighted by atomic mass is 32.2. The first-order valence-corrected chi connectivity index (χ1v) is 11.1. The van der Waals surface area contributed by atoms with Crippen molar-refractivity contribution in [2.45, 2.75) is 13.8 Å². The summed E-state index contributed by atoms with van der Waals surface area (Å²) in [6, 6.07) is 11.6. The first-order valence-electron chi connectivity index (χ1n) is 9.65. The molecule has 0 unspecified atom stereocenters. The lowest BCUT2D eigenvalue weighted by atomic mass is 9.91. The second-order valence-corrected chi connectivity index (χ2v) is 8.95. The maximum Gasteiger partial charge on any atom is 0.268 e. The van der Waals surface area contributed by atoms with Crippen molar-refractivity contribution >= 4 is 27.3 Å². The van der Waals surface area contributed by atoms with Crippen molar-refractivity contribution in [3.8, 4) is 0 Å². The minimum atomic E-state index is -4.32. The van der Waals surface area contributed by atoms with Gasteiger partial charge in [0.1, 0.15) is 5.70 Å². The minimum absolute atomic E-state index is 0.0835. The van der Waals surface area contributed by atoms with Crippen molar-refractivity contribution in [3.05, 3.63) is 75.3 Å². The number of carbonyl (C=O) groups is 2. The molecule has 8 heteroatoms. The standard InChI is InChI=1S/C22H22N2O5S/c1-14-6-5-9-18(15(14)2)23-30(27,28)22-19(24-10-12-29-13-11-24)20(25)16-7-3-4-8-17(16)21(22)26/h3-9,23H,10-13H2,1-2H3. The van der Waals surface area contributed by atoms with Crippen LogP contribution in [0.2, 0.25) is 0 Å². The quantitative estimate of drug-likeness (QED) is 0.808. The molecule has 30 heavy (non-hydrogen) atoms. The Morgan fingerprint density at radius 1 is 0.900 bits per heavy atom. The SMILES string of the molecule is Cc1cccc(NS(=O)(=O)C2=C(N3CCOCC3)C(=O)c3ccccc3C2=O)c1C. The molecule has 0 atom stereocenters. The van der Waals surface area contributed by atoms with Gasteiger partial charge >= 0.3 is 0 Å². The van der Waals surface area contributed by atoms with Crippen molar-refractivity contribution < 1.29 is 22.7 Å². The summed E-state index contributed by atoms with van der Waals surface area (Å²) in [4.78, 5) is 27.8. The smallest absolute Gasteiger partial charge is 0.268 e. The molecule has 0 spiro atoms. The third-order valence-corrected chi connectivity index (χ3v) is 6.90. The van der Waals surface area contributed by atoms with Crippen molar-refractivity contribution in [1.82, 2.24) is 4.90 Å². The summed E-state index contributed by atoms with van der Waals surface area (Å²) in [5.41, 5.74) is 2.27. The van der Waals surface area contributed by atoms with Gasteiger partial charge in [-0.25, -0.2) is 8.42 Å². The average Bonchev–Trinajstić information content (AvgIpc) is 2.74. The number of allylic oxidation sites excluding steroid dienone is 2. The largest absolute Gasteiger partial charge is 0.378 e. The van der Waals surface area contributed by atoms with Crippen molar-refractivity contribution in [2.75, 3.05) is 31.0 Å². The topological polar surface area (TPSA) is 92.8 Å². The number of nitrogens with zero attached hydrogens (tertiary/aromatic N) is 1. The monoisotopic (exact) mass is 426 g/mol. The van der Waals surface area contributed by atoms with E-state index in [4.69, 9.17) is 4.74 Å². The molecular formula is C22H22N2O5S. The predicted octanol–water partition coefficient (Wildman–Crippen LogP) is 2.67. The van der Waals surface area contributed by atoms with Crippen LogP contribution in [-0.2, 0) is 14.8 Å². The molecular weight excluding hydrogens is 404 g/mol. The number of carbonyl (C=O) groups excluding carboxylic acids is 2. The van der Waals surface area contributed by atoms with Crippen LogP contribution in [0.3, 0.4) is 0 Å². The fraction of sp³-hybridized carbons (Fsp3) is 0.273. The number of anilines is 1. The second kappa shape index (κ2) is 7.70. The van der Waals surface area contributed by atoms with Crippen LogP contribution in [0.15, 0.2) is 53.1 Å². The lowest BCUT2D eigenvalue weighted by Gasteiger charge is -2.33. The summed E-state index contributed by atoms with van der Waals surface area (Å²) in [6.07, 6.45) is 0. The maximum atomic E-state index is 13.4. The number of sulfonamides is 1. The summed E-state index contributed by atoms with van der Waals surface area (Å²) in [5, 5.41) is 0. The van der Waals surface area contributed by atoms with E-state index in [1.165, 1.54) is 6.07 Å². The number of Topliss-reactive ketones (excluding diaryl/α,β-unsaturated/α-hetero) is 2. The molecule has 156 valence electrons. The van der Waals surface area contributed by atoms with Crippen molar-refractivity contribution in [2.24, 2.45) is 0 Å². The Balaban J connectivity index is 1.88. The van der Waals surface area contributed by atoms with Crippen LogP contribution in [0.25, 0.3) is 0 Å². The van der Waals surface area contributed by atoms with E-state index in [9.17, 15) is 18.0 Å². The predicted molar refractivity (Wildman–Crippen MR) is 113 cm³/mol. The molecule has 2 aromatic carbocycles. The average molecular weight is 426 g/mol. The number of rotatable bonds is 4. The van der Waals surface area contributed by atoms with Gasteiger partial charge in [0.05, 0.1) is 18.9 Å². The van der Waals surface area contributed by atoms with Gasteiger partial charge in [-0.15, -0.1) is 0 Å². The van der Waals surface area contributed by atoms with Gasteiger partial charge in [0.2, 0.25) is 11.6 Å². The zero-order valence-corrected chi connectivity index (χ0v) is 17.6. The van der Waals surface area contributed by atoms with Gasteiger partial charge in [-0.1, -0.05) is 36.4 Å². The number of benzene rings is 2. The van der Waals surface area contributed by atoms with Gasteiger partial charge in [-0.2, -0.15) is 0 Å². The third kappa shape index (κ3) is 3.42. The van der Waals surface area contributed by atoms with E-state index in [-0.39, 0.29) is 16.8 Å². The summed E-state index contributed by atoms with van der Waals surface area (Å²) in [7, 11) is -4.32. The summed E-state index contributed by atoms with van der Waals surface area (Å²) in [5.74, 6) is -1.14. The Hall–Kier alpha value is -2.97. The highest BCUT2D eigenvalue weighted by Gasteiger charge is 2.41. The molecule has 1 N–H and O–H groups in total. The van der Waals surface area contributed by atoms with Gasteiger partial charge < -0.3 is 9.64 Å². The number of ether oxygens (including phenoxy) is 1. The fourth-order valence-electron chi connectivity index (χ4n) is 3.72. The third-order valence-electron chi connectivity index (χ3n) is 5.50. The molecule has 0 amide bonds. The van der Waals surface area contributed by atoms with E-state index < -0.39 is 26.5 Å². The van der Waals surface area contributed by atoms with Gasteiger partial charge in [-0.05, 0) is 31.0 Å². The summed E-state index contributed by atoms with van der Waals surface area (Å²) in [6.45, 7) is 5.04. The number of hydrogen-bond donors (Lipinski definition) is 1. The van der Waals surface area contributed by atoms with Crippen molar-refractivity contribution in [3.63, 3.8) is 0 Å². The van der Waals surface area contributed by atoms with Gasteiger partial charge in [0.25, 0.3) is 10.0 Å². The Morgan fingerprint density at radius 3 is 2.20 bits per heavy atom. The van der Waals surface area contributed by atoms with Crippen LogP contribution in [0.5, 0.6) is 0 Å². The number of fused-ring (bicyclic) bond motifs is 1. The Labute approximate surface area is 175 Å². The van der Waals surface area contributed by atoms with E-state index in [1.807, 2.05) is 13.0 Å². The second-order valence-electron chi connectivity index (χ2n) is 7.33. The zero-order chi connectivity index (χ0) is 21.5. The number of aryl methyl sites for hydroxylation is 1. The Morgan fingerprint density at radius 2 is 1.53 bits per heavy atom. The highest BCUT2D eigenvalue weighted by Crippen LogP contribution is 2.33. The fourth-order valence-corrected chi connectivity index (χ4v) is 5.16. The highest BCUT2D eigenvalue weighted by molar-refractivity contribution is 7.97. The van der Waals surface area contributed by atoms with Crippen LogP contribution in [0.4, 0.5) is 5.69 Å². The Bertz CT molecular complexity index is 1180. The van der Waals surface area contributed by atoms with Gasteiger partial charge in [0.15, 0.2) is 4.91 Å². The van der Waals surface area contributed by atoms with E-state index in [2.05, 4.69) is 4.72 Å². The van der Waals surface area contributed by atoms with Crippen LogP contribution in [0.1, 0.15) is 31.8 Å². The van der Waals surface area contributed by atoms with E-state index in [0.717, 1.165) is 11.1 Å². The molecule has 2 aromatic rings. The molecule has 1 saturated heterocycles. The number of hydrogen-bond acceptors (Lipinski definition) is 6. The van der Waals surface area contributed by atoms with Crippen LogP contribution < -0.4 is 4.72 Å². The molecule has 1 aliphatic heterocycles. The molecule has 1 aliphatic carbocycles. The van der Waals surface area contributed by atoms with Crippen LogP contribution in [0, 0.1) is 13.8 Å². The van der Waals surface area contributed by atoms with Crippen molar-refractivity contribution in [1.29, 1.82) is 0 Å². The number of nitrogens with one attached hydrogen (secondary N) is 1. The lowest BCUT2D eigenvalue weighted by molar-refractivity contribution is 0.0499. The number of ketones is 2. The maximum absolute atomic E-state index is 13.4. The first kappa shape index (κ1) is 20.3. The summed E-state index contributed by atoms with van der Waals surface area (Å²) < 4.78 is 34.7. The van der Waals surface area contributed by atoms with E-state index in [1.54, 1.807) is 42.2 Å². The van der Waals surface area contributed by atoms with E-state index in [0.29, 0.717) is 32.0 Å². The molecule has 0 aromatic heterocycles. The minimum Gasteiger partial charge on any atom is -0.378 e. The normalized spacial score (nSPS) is 17.2. The van der Waals surface area contributed by atoms with Crippen LogP contribution in [-0.4, -0.2) is 51.2 Å². The van der Waals surface area contributed by atoms with Gasteiger partial charge in [-0.3, -0.25) is 14.3 Å².